The molecule has 1 saturated heterocycles. The van der Waals surface area contributed by atoms with E-state index in [1.807, 2.05) is 48.8 Å². The first-order valence-electron chi connectivity index (χ1n) is 9.45. The van der Waals surface area contributed by atoms with E-state index in [1.165, 1.54) is 0 Å². The van der Waals surface area contributed by atoms with Crippen molar-refractivity contribution in [2.45, 2.75) is 18.9 Å². The summed E-state index contributed by atoms with van der Waals surface area (Å²) < 4.78 is 0. The second kappa shape index (κ2) is 6.50. The third-order valence-corrected chi connectivity index (χ3v) is 6.42. The highest BCUT2D eigenvalue weighted by molar-refractivity contribution is 7.13. The lowest BCUT2D eigenvalue weighted by molar-refractivity contribution is -0.143. The third kappa shape index (κ3) is 2.85. The lowest BCUT2D eigenvalue weighted by Crippen LogP contribution is -2.36. The molecule has 0 aliphatic carbocycles. The van der Waals surface area contributed by atoms with Crippen LogP contribution in [0, 0.1) is 6.92 Å². The zero-order valence-corrected chi connectivity index (χ0v) is 17.0. The number of aromatic nitrogens is 3. The maximum absolute atomic E-state index is 12.4. The molecule has 2 N–H and O–H groups in total. The van der Waals surface area contributed by atoms with Crippen LogP contribution in [-0.2, 0) is 10.4 Å². The van der Waals surface area contributed by atoms with Crippen LogP contribution in [0.1, 0.15) is 17.7 Å². The van der Waals surface area contributed by atoms with Crippen LogP contribution in [0.5, 0.6) is 0 Å². The largest absolute Gasteiger partial charge is 0.375 e. The van der Waals surface area contributed by atoms with Gasteiger partial charge in [0.05, 0.1) is 22.3 Å². The molecule has 4 aromatic rings. The Balaban J connectivity index is 1.53. The third-order valence-electron chi connectivity index (χ3n) is 5.54. The highest BCUT2D eigenvalue weighted by Crippen LogP contribution is 2.36. The van der Waals surface area contributed by atoms with Gasteiger partial charge >= 0.3 is 0 Å². The molecule has 0 radical (unpaired) electrons. The summed E-state index contributed by atoms with van der Waals surface area (Å²) in [6.45, 7) is 2.52. The lowest BCUT2D eigenvalue weighted by atomic mass is 9.90. The number of hydrogen-bond acceptors (Lipinski definition) is 5. The van der Waals surface area contributed by atoms with Gasteiger partial charge in [-0.1, -0.05) is 18.2 Å². The van der Waals surface area contributed by atoms with Crippen LogP contribution in [0.4, 0.5) is 0 Å². The average molecular weight is 404 g/mol. The molecular weight excluding hydrogens is 384 g/mol. The molecule has 146 valence electrons. The van der Waals surface area contributed by atoms with E-state index < -0.39 is 5.60 Å². The minimum atomic E-state index is -1.46. The Bertz CT molecular complexity index is 1240. The first-order valence-corrected chi connectivity index (χ1v) is 10.3. The highest BCUT2D eigenvalue weighted by atomic mass is 32.1. The molecule has 0 unspecified atom stereocenters. The van der Waals surface area contributed by atoms with Crippen molar-refractivity contribution in [3.8, 4) is 21.8 Å². The van der Waals surface area contributed by atoms with Crippen molar-refractivity contribution in [3.05, 3.63) is 59.2 Å². The van der Waals surface area contributed by atoms with Crippen LogP contribution >= 0.6 is 11.3 Å². The molecule has 1 atom stereocenters. The van der Waals surface area contributed by atoms with Crippen molar-refractivity contribution >= 4 is 28.3 Å². The van der Waals surface area contributed by atoms with E-state index in [9.17, 15) is 9.90 Å². The summed E-state index contributed by atoms with van der Waals surface area (Å²) in [4.78, 5) is 26.7. The van der Waals surface area contributed by atoms with Crippen LogP contribution in [-0.4, -0.2) is 44.5 Å². The van der Waals surface area contributed by atoms with Crippen molar-refractivity contribution in [2.24, 2.45) is 0 Å². The summed E-state index contributed by atoms with van der Waals surface area (Å²) in [6.07, 6.45) is 2.33. The van der Waals surface area contributed by atoms with Crippen molar-refractivity contribution in [2.75, 3.05) is 13.6 Å². The van der Waals surface area contributed by atoms with Gasteiger partial charge in [-0.15, -0.1) is 11.3 Å². The number of thiazole rings is 1. The Kier molecular flexibility index (Phi) is 4.04. The SMILES string of the molecule is Cc1ccc2[nH]cc(-c3nc(-c4cccc([C@]5(O)CCN(C)C5=O)c4)cs3)c2n1. The van der Waals surface area contributed by atoms with Crippen LogP contribution < -0.4 is 0 Å². The van der Waals surface area contributed by atoms with Gasteiger partial charge in [-0.05, 0) is 30.7 Å². The summed E-state index contributed by atoms with van der Waals surface area (Å²) in [7, 11) is 1.72. The first-order chi connectivity index (χ1) is 14.0. The maximum Gasteiger partial charge on any atom is 0.258 e. The number of amides is 1. The number of aryl methyl sites for hydroxylation is 1. The topological polar surface area (TPSA) is 82.1 Å². The van der Waals surface area contributed by atoms with Crippen LogP contribution in [0.15, 0.2) is 48.0 Å². The summed E-state index contributed by atoms with van der Waals surface area (Å²) in [6, 6.07) is 11.5. The molecule has 1 fully saturated rings. The highest BCUT2D eigenvalue weighted by Gasteiger charge is 2.45. The molecule has 29 heavy (non-hydrogen) atoms. The van der Waals surface area contributed by atoms with Gasteiger partial charge in [0, 0.05) is 42.8 Å². The number of hydrogen-bond donors (Lipinski definition) is 2. The monoisotopic (exact) mass is 404 g/mol. The zero-order chi connectivity index (χ0) is 20.2. The standard InChI is InChI=1S/C22H20N4O2S/c1-13-6-7-17-19(24-13)16(11-23-17)20-25-18(12-29-20)14-4-3-5-15(10-14)22(28)8-9-26(2)21(22)27/h3-7,10-12,23,28H,8-9H2,1-2H3/t22-/m1/s1. The number of carbonyl (C=O) groups excluding carboxylic acids is 1. The second-order valence-electron chi connectivity index (χ2n) is 7.51. The molecule has 1 aliphatic rings. The van der Waals surface area contributed by atoms with Crippen LogP contribution in [0.2, 0.25) is 0 Å². The molecule has 1 aliphatic heterocycles. The number of H-pyrrole nitrogens is 1. The number of nitrogens with one attached hydrogen (secondary N) is 1. The molecular formula is C22H20N4O2S. The number of rotatable bonds is 3. The van der Waals surface area contributed by atoms with Crippen molar-refractivity contribution in [3.63, 3.8) is 0 Å². The minimum absolute atomic E-state index is 0.256. The molecule has 6 nitrogen and oxygen atoms in total. The lowest BCUT2D eigenvalue weighted by Gasteiger charge is -2.21. The van der Waals surface area contributed by atoms with Gasteiger partial charge in [0.25, 0.3) is 5.91 Å². The average Bonchev–Trinajstić information content (AvgIpc) is 3.43. The van der Waals surface area contributed by atoms with Crippen molar-refractivity contribution in [1.29, 1.82) is 0 Å². The predicted molar refractivity (Wildman–Crippen MR) is 114 cm³/mol. The Morgan fingerprint density at radius 2 is 2.10 bits per heavy atom. The maximum atomic E-state index is 12.4. The molecule has 0 saturated carbocycles. The number of nitrogens with zero attached hydrogens (tertiary/aromatic N) is 3. The number of benzene rings is 1. The van der Waals surface area contributed by atoms with E-state index >= 15 is 0 Å². The van der Waals surface area contributed by atoms with E-state index in [2.05, 4.69) is 9.97 Å². The van der Waals surface area contributed by atoms with Gasteiger partial charge in [0.15, 0.2) is 5.60 Å². The van der Waals surface area contributed by atoms with Gasteiger partial charge in [-0.3, -0.25) is 9.78 Å². The van der Waals surface area contributed by atoms with Crippen molar-refractivity contribution < 1.29 is 9.90 Å². The van der Waals surface area contributed by atoms with E-state index in [4.69, 9.17) is 4.98 Å². The molecule has 3 aromatic heterocycles. The minimum Gasteiger partial charge on any atom is -0.375 e. The van der Waals surface area contributed by atoms with E-state index in [0.717, 1.165) is 38.6 Å². The number of pyridine rings is 1. The van der Waals surface area contributed by atoms with Crippen LogP contribution in [0.3, 0.4) is 0 Å². The Morgan fingerprint density at radius 3 is 2.90 bits per heavy atom. The van der Waals surface area contributed by atoms with E-state index in [-0.39, 0.29) is 5.91 Å². The Labute approximate surface area is 171 Å². The van der Waals surface area contributed by atoms with Crippen LogP contribution in [0.25, 0.3) is 32.9 Å². The number of carbonyl (C=O) groups is 1. The normalized spacial score (nSPS) is 19.4. The van der Waals surface area contributed by atoms with Gasteiger partial charge in [0.2, 0.25) is 0 Å². The quantitative estimate of drug-likeness (QED) is 0.545. The summed E-state index contributed by atoms with van der Waals surface area (Å²) in [5.74, 6) is -0.256. The number of likely N-dealkylation sites (N-methyl/N-ethyl adjacent to an activating group) is 1. The second-order valence-corrected chi connectivity index (χ2v) is 8.36. The van der Waals surface area contributed by atoms with Crippen molar-refractivity contribution in [1.82, 2.24) is 19.9 Å². The fourth-order valence-corrected chi connectivity index (χ4v) is 4.69. The fraction of sp³-hybridized carbons (Fsp3) is 0.227. The van der Waals surface area contributed by atoms with Gasteiger partial charge in [-0.2, -0.15) is 0 Å². The summed E-state index contributed by atoms with van der Waals surface area (Å²) in [5.41, 5.74) is 4.68. The molecule has 5 rings (SSSR count). The van der Waals surface area contributed by atoms with Gasteiger partial charge in [-0.25, -0.2) is 4.98 Å². The predicted octanol–water partition coefficient (Wildman–Crippen LogP) is 3.71. The zero-order valence-electron chi connectivity index (χ0n) is 16.1. The Hall–Kier alpha value is -3.03. The summed E-state index contributed by atoms with van der Waals surface area (Å²) in [5, 5.41) is 13.8. The fourth-order valence-electron chi connectivity index (χ4n) is 3.85. The number of aromatic amines is 1. The smallest absolute Gasteiger partial charge is 0.258 e. The molecule has 4 heterocycles. The van der Waals surface area contributed by atoms with Gasteiger partial charge in [0.1, 0.15) is 5.01 Å². The van der Waals surface area contributed by atoms with E-state index in [1.54, 1.807) is 29.4 Å². The number of likely N-dealkylation sites (tertiary alicyclic amines) is 1. The summed E-state index contributed by atoms with van der Waals surface area (Å²) >= 11 is 1.55. The van der Waals surface area contributed by atoms with Gasteiger partial charge < -0.3 is 15.0 Å². The van der Waals surface area contributed by atoms with E-state index in [0.29, 0.717) is 18.5 Å². The number of aliphatic hydroxyl groups is 1. The Morgan fingerprint density at radius 1 is 1.24 bits per heavy atom. The molecule has 0 spiro atoms. The molecule has 0 bridgehead atoms. The molecule has 1 aromatic carbocycles. The first kappa shape index (κ1) is 18.0. The number of fused-ring (bicyclic) bond motifs is 1. The molecule has 7 heteroatoms. The molecule has 1 amide bonds.